The lowest BCUT2D eigenvalue weighted by Crippen LogP contribution is -2.39. The molecule has 160 valence electrons. The van der Waals surface area contributed by atoms with Gasteiger partial charge in [0.2, 0.25) is 15.9 Å². The molecule has 0 saturated carbocycles. The second kappa shape index (κ2) is 7.97. The van der Waals surface area contributed by atoms with Gasteiger partial charge in [-0.3, -0.25) is 14.2 Å². The molecule has 0 unspecified atom stereocenters. The van der Waals surface area contributed by atoms with Gasteiger partial charge < -0.3 is 10.6 Å². The highest BCUT2D eigenvalue weighted by atomic mass is 32.2. The molecule has 0 bridgehead atoms. The van der Waals surface area contributed by atoms with E-state index in [0.717, 1.165) is 9.87 Å². The average molecular weight is 439 g/mol. The third-order valence-electron chi connectivity index (χ3n) is 5.03. The minimum atomic E-state index is -3.98. The van der Waals surface area contributed by atoms with Gasteiger partial charge in [-0.2, -0.15) is 4.31 Å². The molecule has 0 radical (unpaired) electrons. The van der Waals surface area contributed by atoms with Crippen LogP contribution in [0.15, 0.2) is 59.8 Å². The lowest BCUT2D eigenvalue weighted by molar-refractivity contribution is -0.120. The Labute approximate surface area is 179 Å². The zero-order chi connectivity index (χ0) is 22.2. The number of hydrogen-bond acceptors (Lipinski definition) is 5. The van der Waals surface area contributed by atoms with Gasteiger partial charge in [-0.25, -0.2) is 13.4 Å². The molecule has 1 aromatic heterocycles. The summed E-state index contributed by atoms with van der Waals surface area (Å²) in [5, 5.41) is 5.25. The van der Waals surface area contributed by atoms with E-state index in [1.54, 1.807) is 28.8 Å². The number of aromatic nitrogens is 2. The maximum Gasteiger partial charge on any atom is 0.276 e. The third kappa shape index (κ3) is 3.82. The summed E-state index contributed by atoms with van der Waals surface area (Å²) in [4.78, 5) is 29.3. The van der Waals surface area contributed by atoms with Crippen LogP contribution in [0.3, 0.4) is 0 Å². The van der Waals surface area contributed by atoms with Crippen molar-refractivity contribution in [2.75, 3.05) is 18.9 Å². The number of aryl methyl sites for hydroxylation is 1. The highest BCUT2D eigenvalue weighted by molar-refractivity contribution is 7.89. The van der Waals surface area contributed by atoms with Gasteiger partial charge in [-0.1, -0.05) is 24.3 Å². The number of rotatable bonds is 4. The Bertz CT molecular complexity index is 1280. The van der Waals surface area contributed by atoms with Crippen molar-refractivity contribution in [3.63, 3.8) is 0 Å². The second-order valence-electron chi connectivity index (χ2n) is 7.15. The van der Waals surface area contributed by atoms with Crippen LogP contribution in [0, 0.1) is 6.92 Å². The molecule has 0 atom stereocenters. The molecule has 31 heavy (non-hydrogen) atoms. The van der Waals surface area contributed by atoms with Gasteiger partial charge in [-0.15, -0.1) is 0 Å². The summed E-state index contributed by atoms with van der Waals surface area (Å²) in [5.74, 6) is -0.921. The molecule has 0 spiro atoms. The van der Waals surface area contributed by atoms with Crippen LogP contribution in [0.1, 0.15) is 21.7 Å². The number of likely N-dealkylation sites (N-methyl/N-ethyl adjacent to an activating group) is 1. The largest absolute Gasteiger partial charge is 0.358 e. The molecule has 4 rings (SSSR count). The molecular formula is C21H21N5O4S. The summed E-state index contributed by atoms with van der Waals surface area (Å²) >= 11 is 0. The summed E-state index contributed by atoms with van der Waals surface area (Å²) in [6, 6.07) is 13.8. The van der Waals surface area contributed by atoms with E-state index in [1.807, 2.05) is 25.1 Å². The molecule has 0 fully saturated rings. The van der Waals surface area contributed by atoms with Gasteiger partial charge in [0.1, 0.15) is 11.2 Å². The topological polar surface area (TPSA) is 113 Å². The lowest BCUT2D eigenvalue weighted by atomic mass is 10.2. The number of sulfonamides is 1. The predicted molar refractivity (Wildman–Crippen MR) is 114 cm³/mol. The molecular weight excluding hydrogens is 418 g/mol. The molecule has 3 aromatic rings. The van der Waals surface area contributed by atoms with Crippen LogP contribution >= 0.6 is 0 Å². The first-order chi connectivity index (χ1) is 14.8. The Morgan fingerprint density at radius 2 is 1.90 bits per heavy atom. The van der Waals surface area contributed by atoms with E-state index in [-0.39, 0.29) is 23.7 Å². The highest BCUT2D eigenvalue weighted by Crippen LogP contribution is 2.31. The number of carbonyl (C=O) groups is 2. The van der Waals surface area contributed by atoms with E-state index in [1.165, 1.54) is 19.4 Å². The van der Waals surface area contributed by atoms with E-state index in [9.17, 15) is 18.0 Å². The minimum absolute atomic E-state index is 0.0423. The number of nitrogens with one attached hydrogen (secondary N) is 2. The van der Waals surface area contributed by atoms with Crippen LogP contribution in [-0.4, -0.2) is 47.7 Å². The molecule has 2 aromatic carbocycles. The normalized spacial score (nSPS) is 14.8. The molecule has 0 aliphatic carbocycles. The van der Waals surface area contributed by atoms with Crippen molar-refractivity contribution >= 4 is 27.5 Å². The summed E-state index contributed by atoms with van der Waals surface area (Å²) in [6.45, 7) is 1.36. The fourth-order valence-corrected chi connectivity index (χ4v) is 5.02. The van der Waals surface area contributed by atoms with Crippen LogP contribution in [0.2, 0.25) is 0 Å². The maximum atomic E-state index is 13.3. The third-order valence-corrected chi connectivity index (χ3v) is 6.86. The zero-order valence-corrected chi connectivity index (χ0v) is 17.8. The number of amides is 2. The minimum Gasteiger partial charge on any atom is -0.358 e. The molecule has 1 aliphatic heterocycles. The fraction of sp³-hybridized carbons (Fsp3) is 0.190. The Morgan fingerprint density at radius 3 is 2.65 bits per heavy atom. The quantitative estimate of drug-likeness (QED) is 0.642. The van der Waals surface area contributed by atoms with Crippen molar-refractivity contribution in [2.24, 2.45) is 0 Å². The van der Waals surface area contributed by atoms with Gasteiger partial charge in [-0.05, 0) is 36.8 Å². The van der Waals surface area contributed by atoms with Gasteiger partial charge in [0.15, 0.2) is 5.69 Å². The van der Waals surface area contributed by atoms with Gasteiger partial charge in [0.05, 0.1) is 24.5 Å². The van der Waals surface area contributed by atoms with Gasteiger partial charge >= 0.3 is 0 Å². The van der Waals surface area contributed by atoms with Gasteiger partial charge in [0.25, 0.3) is 5.91 Å². The van der Waals surface area contributed by atoms with Crippen molar-refractivity contribution < 1.29 is 18.0 Å². The number of carbonyl (C=O) groups excluding carboxylic acids is 2. The number of benzene rings is 2. The molecule has 9 nitrogen and oxygen atoms in total. The summed E-state index contributed by atoms with van der Waals surface area (Å²) in [6.07, 6.45) is 1.43. The van der Waals surface area contributed by atoms with Crippen molar-refractivity contribution in [3.8, 4) is 5.69 Å². The van der Waals surface area contributed by atoms with Crippen molar-refractivity contribution in [1.82, 2.24) is 19.2 Å². The highest BCUT2D eigenvalue weighted by Gasteiger charge is 2.35. The Morgan fingerprint density at radius 1 is 1.13 bits per heavy atom. The van der Waals surface area contributed by atoms with Crippen LogP contribution in [-0.2, 0) is 21.4 Å². The molecule has 2 heterocycles. The van der Waals surface area contributed by atoms with Crippen molar-refractivity contribution in [1.29, 1.82) is 0 Å². The second-order valence-corrected chi connectivity index (χ2v) is 9.05. The van der Waals surface area contributed by atoms with Gasteiger partial charge in [0, 0.05) is 12.7 Å². The molecule has 10 heteroatoms. The van der Waals surface area contributed by atoms with E-state index < -0.39 is 21.8 Å². The first-order valence-corrected chi connectivity index (χ1v) is 11.0. The molecule has 2 N–H and O–H groups in total. The first kappa shape index (κ1) is 20.8. The van der Waals surface area contributed by atoms with E-state index in [4.69, 9.17) is 0 Å². The monoisotopic (exact) mass is 439 g/mol. The number of para-hydroxylation sites is 1. The van der Waals surface area contributed by atoms with Crippen molar-refractivity contribution in [2.45, 2.75) is 18.4 Å². The van der Waals surface area contributed by atoms with E-state index in [2.05, 4.69) is 15.6 Å². The number of imidazole rings is 1. The smallest absolute Gasteiger partial charge is 0.276 e. The van der Waals surface area contributed by atoms with Crippen LogP contribution in [0.25, 0.3) is 5.69 Å². The van der Waals surface area contributed by atoms with E-state index >= 15 is 0 Å². The van der Waals surface area contributed by atoms with Crippen LogP contribution in [0.5, 0.6) is 0 Å². The Kier molecular flexibility index (Phi) is 5.34. The molecule has 2 amide bonds. The molecule has 1 aliphatic rings. The first-order valence-electron chi connectivity index (χ1n) is 9.55. The Balaban J connectivity index is 1.80. The number of nitrogens with zero attached hydrogens (tertiary/aromatic N) is 3. The predicted octanol–water partition coefficient (Wildman–Crippen LogP) is 1.68. The fourth-order valence-electron chi connectivity index (χ4n) is 3.48. The number of hydrogen-bond donors (Lipinski definition) is 2. The number of fused-ring (bicyclic) bond motifs is 3. The average Bonchev–Trinajstić information content (AvgIpc) is 3.13. The maximum absolute atomic E-state index is 13.3. The molecule has 0 saturated heterocycles. The summed E-state index contributed by atoms with van der Waals surface area (Å²) < 4.78 is 29.2. The number of anilines is 1. The van der Waals surface area contributed by atoms with Crippen LogP contribution < -0.4 is 10.6 Å². The SMILES string of the molecule is CNC(=O)CN1Cc2c(C(=O)Nc3cccc(C)c3)ncn2-c2ccccc2S1(=O)=O. The Hall–Kier alpha value is -3.50. The zero-order valence-electron chi connectivity index (χ0n) is 17.0. The summed E-state index contributed by atoms with van der Waals surface area (Å²) in [5.41, 5.74) is 2.44. The van der Waals surface area contributed by atoms with E-state index in [0.29, 0.717) is 17.1 Å². The summed E-state index contributed by atoms with van der Waals surface area (Å²) in [7, 11) is -2.54. The standard InChI is InChI=1S/C21H21N5O4S/c1-14-6-5-7-15(10-14)24-21(28)20-17-11-25(12-19(27)22-2)31(29,30)18-9-4-3-8-16(18)26(17)13-23-20/h3-10,13H,11-12H2,1-2H3,(H,22,27)(H,24,28). The lowest BCUT2D eigenvalue weighted by Gasteiger charge is -2.19. The van der Waals surface area contributed by atoms with Crippen molar-refractivity contribution in [3.05, 3.63) is 71.8 Å². The van der Waals surface area contributed by atoms with Crippen LogP contribution in [0.4, 0.5) is 5.69 Å².